The maximum atomic E-state index is 12.9. The molecule has 0 aromatic heterocycles. The second-order valence-electron chi connectivity index (χ2n) is 7.40. The fraction of sp³-hybridized carbons (Fsp3) is 0.500. The molecule has 0 bridgehead atoms. The Morgan fingerprint density at radius 1 is 1.29 bits per heavy atom. The van der Waals surface area contributed by atoms with Gasteiger partial charge in [0.05, 0.1) is 19.1 Å². The lowest BCUT2D eigenvalue weighted by atomic mass is 9.92. The average molecular weight is 431 g/mol. The van der Waals surface area contributed by atoms with E-state index in [1.54, 1.807) is 38.1 Å². The fourth-order valence-corrected chi connectivity index (χ4v) is 2.86. The number of imide groups is 1. The molecule has 1 aliphatic heterocycles. The summed E-state index contributed by atoms with van der Waals surface area (Å²) < 4.78 is 5.18. The molecular weight excluding hydrogens is 402 g/mol. The molecule has 9 nitrogen and oxygen atoms in total. The minimum Gasteiger partial charge on any atom is -0.481 e. The fourth-order valence-electron chi connectivity index (χ4n) is 2.86. The summed E-state index contributed by atoms with van der Waals surface area (Å²) >= 11 is 0. The largest absolute Gasteiger partial charge is 0.481 e. The molecular formula is C22H29N3O6. The van der Waals surface area contributed by atoms with Gasteiger partial charge in [0, 0.05) is 13.5 Å². The first-order valence-electron chi connectivity index (χ1n) is 10.0. The Balaban J connectivity index is 0.00000110. The Kier molecular flexibility index (Phi) is 9.67. The number of carboxylic acids is 1. The maximum Gasteiger partial charge on any atom is 0.325 e. The van der Waals surface area contributed by atoms with Gasteiger partial charge in [-0.3, -0.25) is 19.3 Å². The van der Waals surface area contributed by atoms with Gasteiger partial charge >= 0.3 is 12.0 Å². The number of benzene rings is 1. The van der Waals surface area contributed by atoms with E-state index in [4.69, 9.17) is 21.2 Å². The zero-order chi connectivity index (χ0) is 23.6. The molecule has 1 heterocycles. The van der Waals surface area contributed by atoms with Gasteiger partial charge in [0.15, 0.2) is 5.69 Å². The molecule has 1 aromatic carbocycles. The van der Waals surface area contributed by atoms with Crippen LogP contribution in [0, 0.1) is 12.5 Å². The normalized spacial score (nSPS) is 18.4. The molecule has 1 aromatic rings. The first kappa shape index (κ1) is 25.6. The molecule has 2 unspecified atom stereocenters. The number of carbonyl (C=O) groups excluding carboxylic acids is 3. The lowest BCUT2D eigenvalue weighted by molar-refractivity contribution is -0.148. The number of ether oxygens (including phenoxy) is 1. The van der Waals surface area contributed by atoms with Crippen molar-refractivity contribution in [2.75, 3.05) is 13.2 Å². The smallest absolute Gasteiger partial charge is 0.325 e. The summed E-state index contributed by atoms with van der Waals surface area (Å²) in [5, 5.41) is 10.1. The molecule has 1 fully saturated rings. The van der Waals surface area contributed by atoms with Crippen LogP contribution in [0.5, 0.6) is 0 Å². The summed E-state index contributed by atoms with van der Waals surface area (Å²) in [6, 6.07) is 6.09. The number of aliphatic carboxylic acids is 1. The average Bonchev–Trinajstić information content (AvgIpc) is 2.95. The summed E-state index contributed by atoms with van der Waals surface area (Å²) in [5.74, 6) is -1.91. The van der Waals surface area contributed by atoms with Gasteiger partial charge < -0.3 is 15.2 Å². The van der Waals surface area contributed by atoms with E-state index in [0.29, 0.717) is 24.3 Å². The van der Waals surface area contributed by atoms with E-state index < -0.39 is 23.5 Å². The highest BCUT2D eigenvalue weighted by molar-refractivity contribution is 6.07. The van der Waals surface area contributed by atoms with Crippen LogP contribution < -0.4 is 5.32 Å². The van der Waals surface area contributed by atoms with Crippen molar-refractivity contribution >= 4 is 29.6 Å². The van der Waals surface area contributed by atoms with Gasteiger partial charge in [-0.15, -0.1) is 0 Å². The molecule has 2 rings (SSSR count). The van der Waals surface area contributed by atoms with Crippen LogP contribution in [0.15, 0.2) is 24.3 Å². The van der Waals surface area contributed by atoms with Crippen molar-refractivity contribution in [3.63, 3.8) is 0 Å². The van der Waals surface area contributed by atoms with Crippen molar-refractivity contribution in [2.24, 2.45) is 5.92 Å². The number of amides is 3. The lowest BCUT2D eigenvalue weighted by Crippen LogP contribution is -2.41. The second-order valence-corrected chi connectivity index (χ2v) is 7.40. The molecule has 2 atom stereocenters. The van der Waals surface area contributed by atoms with E-state index in [-0.39, 0.29) is 18.4 Å². The summed E-state index contributed by atoms with van der Waals surface area (Å²) in [4.78, 5) is 50.6. The van der Waals surface area contributed by atoms with Crippen molar-refractivity contribution in [3.8, 4) is 0 Å². The van der Waals surface area contributed by atoms with Crippen LogP contribution in [-0.4, -0.2) is 47.0 Å². The number of urea groups is 1. The first-order chi connectivity index (χ1) is 14.6. The van der Waals surface area contributed by atoms with E-state index in [1.165, 1.54) is 0 Å². The molecule has 31 heavy (non-hydrogen) atoms. The summed E-state index contributed by atoms with van der Waals surface area (Å²) in [6.45, 7) is 14.0. The summed E-state index contributed by atoms with van der Waals surface area (Å²) in [7, 11) is 0. The van der Waals surface area contributed by atoms with Gasteiger partial charge in [0.2, 0.25) is 0 Å². The number of hydrogen-bond donors (Lipinski definition) is 2. The molecule has 3 amide bonds. The number of esters is 1. The van der Waals surface area contributed by atoms with E-state index in [1.807, 2.05) is 6.92 Å². The Labute approximate surface area is 182 Å². The predicted octanol–water partition coefficient (Wildman–Crippen LogP) is 3.46. The molecule has 2 N–H and O–H groups in total. The SMILES string of the molecule is CC(=O)O.[C-]#[N+]c1ccc(C2(C)NC(=O)N(CCC(C)C(=O)OCCCC)C2=O)cc1. The van der Waals surface area contributed by atoms with Crippen LogP contribution in [0.2, 0.25) is 0 Å². The number of unbranched alkanes of at least 4 members (excludes halogenated alkanes) is 1. The lowest BCUT2D eigenvalue weighted by Gasteiger charge is -2.22. The first-order valence-corrected chi connectivity index (χ1v) is 10.0. The van der Waals surface area contributed by atoms with Gasteiger partial charge in [-0.2, -0.15) is 0 Å². The number of carbonyl (C=O) groups is 4. The number of carboxylic acid groups (broad SMARTS) is 1. The third-order valence-electron chi connectivity index (χ3n) is 4.78. The van der Waals surface area contributed by atoms with E-state index >= 15 is 0 Å². The van der Waals surface area contributed by atoms with Crippen molar-refractivity contribution < 1.29 is 29.0 Å². The minimum absolute atomic E-state index is 0.143. The molecule has 168 valence electrons. The van der Waals surface area contributed by atoms with Crippen LogP contribution in [0.1, 0.15) is 52.5 Å². The van der Waals surface area contributed by atoms with E-state index in [2.05, 4.69) is 10.2 Å². The van der Waals surface area contributed by atoms with Crippen LogP contribution in [-0.2, 0) is 24.7 Å². The molecule has 0 spiro atoms. The highest BCUT2D eigenvalue weighted by atomic mass is 16.5. The summed E-state index contributed by atoms with van der Waals surface area (Å²) in [6.07, 6.45) is 2.10. The Morgan fingerprint density at radius 3 is 2.39 bits per heavy atom. The molecule has 1 saturated heterocycles. The van der Waals surface area contributed by atoms with Gasteiger partial charge in [-0.05, 0) is 25.3 Å². The summed E-state index contributed by atoms with van der Waals surface area (Å²) in [5.41, 5.74) is -0.100. The predicted molar refractivity (Wildman–Crippen MR) is 113 cm³/mol. The zero-order valence-electron chi connectivity index (χ0n) is 18.3. The highest BCUT2D eigenvalue weighted by Crippen LogP contribution is 2.30. The number of hydrogen-bond acceptors (Lipinski definition) is 5. The molecule has 0 saturated carbocycles. The number of nitrogens with zero attached hydrogens (tertiary/aromatic N) is 2. The van der Waals surface area contributed by atoms with Crippen LogP contribution >= 0.6 is 0 Å². The maximum absolute atomic E-state index is 12.9. The Morgan fingerprint density at radius 2 is 1.87 bits per heavy atom. The highest BCUT2D eigenvalue weighted by Gasteiger charge is 2.48. The van der Waals surface area contributed by atoms with Crippen molar-refractivity contribution in [1.82, 2.24) is 10.2 Å². The molecule has 0 aliphatic carbocycles. The number of nitrogens with one attached hydrogen (secondary N) is 1. The second kappa shape index (κ2) is 11.7. The molecule has 0 radical (unpaired) electrons. The van der Waals surface area contributed by atoms with Gasteiger partial charge in [-0.25, -0.2) is 9.64 Å². The van der Waals surface area contributed by atoms with Gasteiger partial charge in [0.25, 0.3) is 11.9 Å². The topological polar surface area (TPSA) is 117 Å². The van der Waals surface area contributed by atoms with Crippen LogP contribution in [0.4, 0.5) is 10.5 Å². The van der Waals surface area contributed by atoms with Crippen LogP contribution in [0.25, 0.3) is 4.85 Å². The molecule has 9 heteroatoms. The number of rotatable bonds is 8. The third-order valence-corrected chi connectivity index (χ3v) is 4.78. The van der Waals surface area contributed by atoms with E-state index in [0.717, 1.165) is 24.7 Å². The van der Waals surface area contributed by atoms with Crippen molar-refractivity contribution in [3.05, 3.63) is 41.2 Å². The third kappa shape index (κ3) is 7.10. The van der Waals surface area contributed by atoms with E-state index in [9.17, 15) is 14.4 Å². The quantitative estimate of drug-likeness (QED) is 0.282. The van der Waals surface area contributed by atoms with Crippen molar-refractivity contribution in [2.45, 2.75) is 52.5 Å². The van der Waals surface area contributed by atoms with Gasteiger partial charge in [0.1, 0.15) is 5.54 Å². The van der Waals surface area contributed by atoms with Gasteiger partial charge in [-0.1, -0.05) is 44.5 Å². The Bertz CT molecular complexity index is 842. The van der Waals surface area contributed by atoms with Crippen LogP contribution in [0.3, 0.4) is 0 Å². The standard InChI is InChI=1S/C20H25N3O4.C2H4O2/c1-5-6-13-27-17(24)14(2)11-12-23-18(25)20(3,22-19(23)26)15-7-9-16(21-4)10-8-15;1-2(3)4/h7-10,14H,5-6,11-13H2,1-3H3,(H,22,26);1H3,(H,3,4). The monoisotopic (exact) mass is 431 g/mol. The minimum atomic E-state index is -1.18. The van der Waals surface area contributed by atoms with Crippen molar-refractivity contribution in [1.29, 1.82) is 0 Å². The zero-order valence-corrected chi connectivity index (χ0v) is 18.3. The molecule has 1 aliphatic rings. The Hall–Kier alpha value is -3.41.